The summed E-state index contributed by atoms with van der Waals surface area (Å²) in [6, 6.07) is 2.71. The van der Waals surface area contributed by atoms with Gasteiger partial charge in [0.2, 0.25) is 0 Å². The van der Waals surface area contributed by atoms with Crippen LogP contribution in [-0.4, -0.2) is 6.43 Å². The monoisotopic (exact) mass is 222 g/mol. The van der Waals surface area contributed by atoms with E-state index in [1.165, 1.54) is 26.0 Å². The highest BCUT2D eigenvalue weighted by Crippen LogP contribution is 2.29. The van der Waals surface area contributed by atoms with Crippen molar-refractivity contribution in [2.45, 2.75) is 25.7 Å². The molecule has 0 aromatic heterocycles. The van der Waals surface area contributed by atoms with E-state index >= 15 is 0 Å². The van der Waals surface area contributed by atoms with Crippen LogP contribution in [0.25, 0.3) is 0 Å². The van der Waals surface area contributed by atoms with E-state index in [1.807, 2.05) is 0 Å². The summed E-state index contributed by atoms with van der Waals surface area (Å²) in [5, 5.41) is -1.37. The number of alkyl halides is 3. The van der Waals surface area contributed by atoms with E-state index in [0.717, 1.165) is 0 Å². The fraction of sp³-hybridized carbons (Fsp3) is 0.400. The lowest BCUT2D eigenvalue weighted by Gasteiger charge is -2.11. The van der Waals surface area contributed by atoms with Gasteiger partial charge in [0.05, 0.1) is 0 Å². The van der Waals surface area contributed by atoms with Gasteiger partial charge in [-0.25, -0.2) is 13.2 Å². The van der Waals surface area contributed by atoms with Crippen LogP contribution in [0.5, 0.6) is 0 Å². The van der Waals surface area contributed by atoms with Gasteiger partial charge in [-0.15, -0.1) is 11.6 Å². The van der Waals surface area contributed by atoms with Crippen molar-refractivity contribution in [2.24, 2.45) is 0 Å². The molecule has 0 N–H and O–H groups in total. The topological polar surface area (TPSA) is 0 Å². The van der Waals surface area contributed by atoms with E-state index < -0.39 is 11.8 Å². The Morgan fingerprint density at radius 3 is 1.93 bits per heavy atom. The highest BCUT2D eigenvalue weighted by atomic mass is 35.5. The van der Waals surface area contributed by atoms with Crippen LogP contribution >= 0.6 is 11.6 Å². The Hall–Kier alpha value is -0.700. The molecule has 78 valence electrons. The third kappa shape index (κ3) is 2.21. The van der Waals surface area contributed by atoms with Crippen LogP contribution in [0.15, 0.2) is 12.1 Å². The van der Waals surface area contributed by atoms with Gasteiger partial charge in [0.15, 0.2) is 0 Å². The molecule has 0 spiro atoms. The zero-order valence-electron chi connectivity index (χ0n) is 7.82. The van der Waals surface area contributed by atoms with E-state index in [4.69, 9.17) is 11.6 Å². The third-order valence-electron chi connectivity index (χ3n) is 2.00. The first-order chi connectivity index (χ1) is 6.43. The van der Waals surface area contributed by atoms with Gasteiger partial charge in [0.25, 0.3) is 6.43 Å². The molecule has 0 aliphatic carbocycles. The fourth-order valence-electron chi connectivity index (χ4n) is 1.28. The first-order valence-electron chi connectivity index (χ1n) is 4.12. The molecule has 0 saturated carbocycles. The molecule has 0 amide bonds. The molecule has 0 nitrogen and oxygen atoms in total. The van der Waals surface area contributed by atoms with Gasteiger partial charge < -0.3 is 0 Å². The highest BCUT2D eigenvalue weighted by molar-refractivity contribution is 6.21. The van der Waals surface area contributed by atoms with Gasteiger partial charge >= 0.3 is 0 Å². The standard InChI is InChI=1S/C10H10ClF3/c1-5-3-7(8(11)10(13)14)4-6(2)9(5)12/h3-4,8,10H,1-2H3. The lowest BCUT2D eigenvalue weighted by molar-refractivity contribution is 0.143. The van der Waals surface area contributed by atoms with Gasteiger partial charge in [-0.1, -0.05) is 12.1 Å². The van der Waals surface area contributed by atoms with Crippen LogP contribution in [0, 0.1) is 19.7 Å². The predicted octanol–water partition coefficient (Wildman–Crippen LogP) is 3.99. The zero-order valence-corrected chi connectivity index (χ0v) is 8.58. The van der Waals surface area contributed by atoms with Crippen molar-refractivity contribution in [2.75, 3.05) is 0 Å². The van der Waals surface area contributed by atoms with E-state index in [0.29, 0.717) is 11.1 Å². The molecule has 1 unspecified atom stereocenters. The summed E-state index contributed by atoms with van der Waals surface area (Å²) in [4.78, 5) is 0. The molecule has 0 heterocycles. The molecule has 0 saturated heterocycles. The van der Waals surface area contributed by atoms with Gasteiger partial charge in [-0.3, -0.25) is 0 Å². The van der Waals surface area contributed by atoms with Gasteiger partial charge in [-0.2, -0.15) is 0 Å². The maximum atomic E-state index is 13.1. The average Bonchev–Trinajstić information content (AvgIpc) is 2.12. The summed E-state index contributed by atoms with van der Waals surface area (Å²) in [5.74, 6) is -0.369. The van der Waals surface area contributed by atoms with E-state index in [-0.39, 0.29) is 11.4 Å². The summed E-state index contributed by atoms with van der Waals surface area (Å²) in [6.07, 6.45) is -2.64. The number of hydrogen-bond acceptors (Lipinski definition) is 0. The molecular formula is C10H10ClF3. The van der Waals surface area contributed by atoms with Crippen molar-refractivity contribution in [3.63, 3.8) is 0 Å². The summed E-state index contributed by atoms with van der Waals surface area (Å²) >= 11 is 5.46. The van der Waals surface area contributed by atoms with Crippen LogP contribution in [0.2, 0.25) is 0 Å². The summed E-state index contributed by atoms with van der Waals surface area (Å²) in [5.41, 5.74) is 0.940. The van der Waals surface area contributed by atoms with Crippen molar-refractivity contribution < 1.29 is 13.2 Å². The predicted molar refractivity (Wildman–Crippen MR) is 50.5 cm³/mol. The SMILES string of the molecule is Cc1cc(C(Cl)C(F)F)cc(C)c1F. The van der Waals surface area contributed by atoms with Crippen LogP contribution in [-0.2, 0) is 0 Å². The molecule has 0 fully saturated rings. The van der Waals surface area contributed by atoms with E-state index in [9.17, 15) is 13.2 Å². The first kappa shape index (κ1) is 11.4. The van der Waals surface area contributed by atoms with Crippen LogP contribution in [0.3, 0.4) is 0 Å². The highest BCUT2D eigenvalue weighted by Gasteiger charge is 2.20. The fourth-order valence-corrected chi connectivity index (χ4v) is 1.41. The Kier molecular flexibility index (Phi) is 3.43. The maximum absolute atomic E-state index is 13.1. The average molecular weight is 223 g/mol. The minimum Gasteiger partial charge on any atom is -0.208 e. The molecule has 1 aromatic carbocycles. The Morgan fingerprint density at radius 2 is 1.57 bits per heavy atom. The van der Waals surface area contributed by atoms with Crippen molar-refractivity contribution in [3.8, 4) is 0 Å². The number of rotatable bonds is 2. The van der Waals surface area contributed by atoms with Gasteiger partial charge in [-0.05, 0) is 30.5 Å². The summed E-state index contributed by atoms with van der Waals surface area (Å²) < 4.78 is 37.6. The lowest BCUT2D eigenvalue weighted by atomic mass is 10.0. The Labute approximate surface area is 85.7 Å². The summed E-state index contributed by atoms with van der Waals surface area (Å²) in [7, 11) is 0. The quantitative estimate of drug-likeness (QED) is 0.664. The van der Waals surface area contributed by atoms with Crippen molar-refractivity contribution in [1.82, 2.24) is 0 Å². The molecule has 0 radical (unpaired) electrons. The Morgan fingerprint density at radius 1 is 1.14 bits per heavy atom. The minimum absolute atomic E-state index is 0.262. The number of hydrogen-bond donors (Lipinski definition) is 0. The largest absolute Gasteiger partial charge is 0.258 e. The molecule has 4 heteroatoms. The molecule has 0 aliphatic heterocycles. The maximum Gasteiger partial charge on any atom is 0.258 e. The second-order valence-corrected chi connectivity index (χ2v) is 3.68. The molecule has 0 aliphatic rings. The summed E-state index contributed by atoms with van der Waals surface area (Å²) in [6.45, 7) is 3.06. The molecule has 0 bridgehead atoms. The second-order valence-electron chi connectivity index (χ2n) is 3.20. The normalized spacial score (nSPS) is 13.4. The smallest absolute Gasteiger partial charge is 0.208 e. The first-order valence-corrected chi connectivity index (χ1v) is 4.56. The van der Waals surface area contributed by atoms with Crippen LogP contribution in [0.1, 0.15) is 22.1 Å². The van der Waals surface area contributed by atoms with E-state index in [2.05, 4.69) is 0 Å². The number of halogens is 4. The Balaban J connectivity index is 3.12. The molecular weight excluding hydrogens is 213 g/mol. The zero-order chi connectivity index (χ0) is 10.9. The minimum atomic E-state index is -2.64. The van der Waals surface area contributed by atoms with Crippen molar-refractivity contribution in [3.05, 3.63) is 34.6 Å². The number of benzene rings is 1. The molecule has 1 atom stereocenters. The van der Waals surface area contributed by atoms with Crippen LogP contribution < -0.4 is 0 Å². The van der Waals surface area contributed by atoms with E-state index in [1.54, 1.807) is 0 Å². The third-order valence-corrected chi connectivity index (χ3v) is 2.44. The molecule has 1 aromatic rings. The molecule has 14 heavy (non-hydrogen) atoms. The van der Waals surface area contributed by atoms with Gasteiger partial charge in [0.1, 0.15) is 11.2 Å². The second kappa shape index (κ2) is 4.22. The van der Waals surface area contributed by atoms with Crippen molar-refractivity contribution >= 4 is 11.6 Å². The lowest BCUT2D eigenvalue weighted by Crippen LogP contribution is -2.03. The van der Waals surface area contributed by atoms with Gasteiger partial charge in [0, 0.05) is 0 Å². The molecule has 1 rings (SSSR count). The van der Waals surface area contributed by atoms with Crippen molar-refractivity contribution in [1.29, 1.82) is 0 Å². The number of aryl methyl sites for hydroxylation is 2. The van der Waals surface area contributed by atoms with Crippen LogP contribution in [0.4, 0.5) is 13.2 Å². The Bertz CT molecular complexity index is 313.